The van der Waals surface area contributed by atoms with Crippen molar-refractivity contribution in [2.24, 2.45) is 0 Å². The zero-order chi connectivity index (χ0) is 13.0. The molecule has 0 spiro atoms. The summed E-state index contributed by atoms with van der Waals surface area (Å²) < 4.78 is 5.14. The van der Waals surface area contributed by atoms with Crippen LogP contribution in [0.25, 0.3) is 0 Å². The molecule has 100 valence electrons. The molecule has 1 aromatic rings. The highest BCUT2D eigenvalue weighted by Crippen LogP contribution is 2.30. The molecule has 0 atom stereocenters. The minimum Gasteiger partial charge on any atom is -0.481 e. The van der Waals surface area contributed by atoms with E-state index in [1.54, 1.807) is 13.2 Å². The maximum Gasteiger partial charge on any atom is 0.226 e. The molecule has 5 heteroatoms. The smallest absolute Gasteiger partial charge is 0.226 e. The number of aromatic nitrogens is 2. The van der Waals surface area contributed by atoms with E-state index in [2.05, 4.69) is 15.3 Å². The molecule has 1 heterocycles. The van der Waals surface area contributed by atoms with E-state index < -0.39 is 0 Å². The highest BCUT2D eigenvalue weighted by Gasteiger charge is 2.32. The van der Waals surface area contributed by atoms with Crippen molar-refractivity contribution >= 4 is 5.95 Å². The topological polar surface area (TPSA) is 67.3 Å². The summed E-state index contributed by atoms with van der Waals surface area (Å²) in [6.07, 6.45) is 5.43. The van der Waals surface area contributed by atoms with Crippen LogP contribution in [0.3, 0.4) is 0 Å². The first kappa shape index (κ1) is 13.1. The summed E-state index contributed by atoms with van der Waals surface area (Å²) in [6, 6.07) is 1.79. The minimum atomic E-state index is -0.267. The van der Waals surface area contributed by atoms with Crippen LogP contribution in [0.15, 0.2) is 6.07 Å². The molecule has 5 nitrogen and oxygen atoms in total. The van der Waals surface area contributed by atoms with Crippen molar-refractivity contribution in [2.75, 3.05) is 19.0 Å². The molecule has 2 N–H and O–H groups in total. The maximum absolute atomic E-state index is 9.65. The molecule has 0 amide bonds. The fourth-order valence-corrected chi connectivity index (χ4v) is 2.49. The quantitative estimate of drug-likeness (QED) is 0.855. The van der Waals surface area contributed by atoms with E-state index in [-0.39, 0.29) is 12.1 Å². The molecule has 1 fully saturated rings. The molecule has 0 bridgehead atoms. The summed E-state index contributed by atoms with van der Waals surface area (Å²) in [5.41, 5.74) is 0.588. The Bertz CT molecular complexity index is 403. The van der Waals surface area contributed by atoms with Gasteiger partial charge < -0.3 is 15.2 Å². The van der Waals surface area contributed by atoms with Crippen LogP contribution in [-0.2, 0) is 0 Å². The number of nitrogens with one attached hydrogen (secondary N) is 1. The maximum atomic E-state index is 9.65. The summed E-state index contributed by atoms with van der Waals surface area (Å²) in [5.74, 6) is 1.09. The summed E-state index contributed by atoms with van der Waals surface area (Å²) in [6.45, 7) is 2.02. The van der Waals surface area contributed by atoms with E-state index in [1.165, 1.54) is 6.42 Å². The fraction of sp³-hybridized carbons (Fsp3) is 0.692. The van der Waals surface area contributed by atoms with E-state index >= 15 is 0 Å². The number of aryl methyl sites for hydroxylation is 1. The van der Waals surface area contributed by atoms with Gasteiger partial charge in [0, 0.05) is 11.8 Å². The Hall–Kier alpha value is -1.36. The predicted octanol–water partition coefficient (Wildman–Crippen LogP) is 1.90. The molecular weight excluding hydrogens is 230 g/mol. The monoisotopic (exact) mass is 251 g/mol. The van der Waals surface area contributed by atoms with E-state index in [9.17, 15) is 5.11 Å². The Morgan fingerprint density at radius 3 is 2.67 bits per heavy atom. The molecule has 2 rings (SSSR count). The van der Waals surface area contributed by atoms with Gasteiger partial charge in [0.25, 0.3) is 0 Å². The van der Waals surface area contributed by atoms with Crippen molar-refractivity contribution in [1.29, 1.82) is 0 Å². The van der Waals surface area contributed by atoms with Crippen LogP contribution in [0.1, 0.15) is 37.8 Å². The molecule has 0 aromatic carbocycles. The molecule has 1 saturated carbocycles. The average molecular weight is 251 g/mol. The van der Waals surface area contributed by atoms with Crippen LogP contribution in [-0.4, -0.2) is 34.3 Å². The van der Waals surface area contributed by atoms with Crippen LogP contribution in [0.5, 0.6) is 5.88 Å². The summed E-state index contributed by atoms with van der Waals surface area (Å²) in [7, 11) is 1.59. The number of methoxy groups -OCH3 is 1. The zero-order valence-corrected chi connectivity index (χ0v) is 11.1. The van der Waals surface area contributed by atoms with Crippen LogP contribution in [0, 0.1) is 6.92 Å². The van der Waals surface area contributed by atoms with Gasteiger partial charge in [0.1, 0.15) is 0 Å². The lowest BCUT2D eigenvalue weighted by molar-refractivity contribution is 0.172. The molecule has 18 heavy (non-hydrogen) atoms. The second-order valence-corrected chi connectivity index (χ2v) is 5.00. The Kier molecular flexibility index (Phi) is 4.01. The summed E-state index contributed by atoms with van der Waals surface area (Å²) in [5, 5.41) is 13.0. The van der Waals surface area contributed by atoms with Crippen molar-refractivity contribution in [3.8, 4) is 5.88 Å². The number of rotatable bonds is 4. The van der Waals surface area contributed by atoms with Crippen molar-refractivity contribution in [3.05, 3.63) is 11.8 Å². The second kappa shape index (κ2) is 5.52. The van der Waals surface area contributed by atoms with Crippen molar-refractivity contribution in [3.63, 3.8) is 0 Å². The highest BCUT2D eigenvalue weighted by molar-refractivity contribution is 5.34. The van der Waals surface area contributed by atoms with Crippen LogP contribution in [0.2, 0.25) is 0 Å². The average Bonchev–Trinajstić information content (AvgIpc) is 2.39. The number of nitrogens with zero attached hydrogens (tertiary/aromatic N) is 2. The molecule has 1 aromatic heterocycles. The van der Waals surface area contributed by atoms with E-state index in [4.69, 9.17) is 4.74 Å². The van der Waals surface area contributed by atoms with Gasteiger partial charge in [-0.05, 0) is 19.8 Å². The Balaban J connectivity index is 2.18. The fourth-order valence-electron chi connectivity index (χ4n) is 2.49. The summed E-state index contributed by atoms with van der Waals surface area (Å²) >= 11 is 0. The molecule has 0 unspecified atom stereocenters. The number of aliphatic hydroxyl groups is 1. The lowest BCUT2D eigenvalue weighted by atomic mass is 9.82. The van der Waals surface area contributed by atoms with Crippen LogP contribution >= 0.6 is 0 Å². The number of hydrogen-bond donors (Lipinski definition) is 2. The van der Waals surface area contributed by atoms with Crippen LogP contribution < -0.4 is 10.1 Å². The van der Waals surface area contributed by atoms with E-state index in [0.717, 1.165) is 31.4 Å². The third-order valence-corrected chi connectivity index (χ3v) is 3.53. The predicted molar refractivity (Wildman–Crippen MR) is 69.8 cm³/mol. The first-order valence-corrected chi connectivity index (χ1v) is 6.46. The van der Waals surface area contributed by atoms with Crippen molar-refractivity contribution < 1.29 is 9.84 Å². The highest BCUT2D eigenvalue weighted by atomic mass is 16.5. The molecule has 1 aliphatic carbocycles. The molecule has 0 aliphatic heterocycles. The SMILES string of the molecule is COc1cc(C)nc(NC2(CO)CCCCC2)n1. The molecule has 0 saturated heterocycles. The van der Waals surface area contributed by atoms with Gasteiger partial charge in [-0.25, -0.2) is 4.98 Å². The van der Waals surface area contributed by atoms with E-state index in [0.29, 0.717) is 11.8 Å². The van der Waals surface area contributed by atoms with Crippen molar-refractivity contribution in [2.45, 2.75) is 44.6 Å². The first-order chi connectivity index (χ1) is 8.67. The Morgan fingerprint density at radius 1 is 1.33 bits per heavy atom. The number of aliphatic hydroxyl groups excluding tert-OH is 1. The van der Waals surface area contributed by atoms with Gasteiger partial charge in [-0.2, -0.15) is 4.98 Å². The molecule has 0 radical (unpaired) electrons. The number of hydrogen-bond acceptors (Lipinski definition) is 5. The van der Waals surface area contributed by atoms with Gasteiger partial charge in [0.15, 0.2) is 0 Å². The van der Waals surface area contributed by atoms with Gasteiger partial charge in [0.05, 0.1) is 19.3 Å². The number of anilines is 1. The van der Waals surface area contributed by atoms with Gasteiger partial charge >= 0.3 is 0 Å². The largest absolute Gasteiger partial charge is 0.481 e. The van der Waals surface area contributed by atoms with Gasteiger partial charge in [0.2, 0.25) is 11.8 Å². The third kappa shape index (κ3) is 2.90. The standard InChI is InChI=1S/C13H21N3O2/c1-10-8-11(18-2)15-12(14-10)16-13(9-17)6-4-3-5-7-13/h8,17H,3-7,9H2,1-2H3,(H,14,15,16). The van der Waals surface area contributed by atoms with Crippen LogP contribution in [0.4, 0.5) is 5.95 Å². The van der Waals surface area contributed by atoms with Crippen molar-refractivity contribution in [1.82, 2.24) is 9.97 Å². The lowest BCUT2D eigenvalue weighted by Crippen LogP contribution is -2.44. The minimum absolute atomic E-state index is 0.118. The summed E-state index contributed by atoms with van der Waals surface area (Å²) in [4.78, 5) is 8.64. The second-order valence-electron chi connectivity index (χ2n) is 5.00. The van der Waals surface area contributed by atoms with Gasteiger partial charge in [-0.1, -0.05) is 19.3 Å². The third-order valence-electron chi connectivity index (χ3n) is 3.53. The van der Waals surface area contributed by atoms with Gasteiger partial charge in [-0.15, -0.1) is 0 Å². The Labute approximate surface area is 108 Å². The molecule has 1 aliphatic rings. The zero-order valence-electron chi connectivity index (χ0n) is 11.1. The van der Waals surface area contributed by atoms with Gasteiger partial charge in [-0.3, -0.25) is 0 Å². The molecular formula is C13H21N3O2. The van der Waals surface area contributed by atoms with E-state index in [1.807, 2.05) is 6.92 Å². The normalized spacial score (nSPS) is 18.4. The lowest BCUT2D eigenvalue weighted by Gasteiger charge is -2.36. The first-order valence-electron chi connectivity index (χ1n) is 6.46. The Morgan fingerprint density at radius 2 is 2.06 bits per heavy atom. The number of ether oxygens (including phenoxy) is 1.